The summed E-state index contributed by atoms with van der Waals surface area (Å²) < 4.78 is 1.92. The fraction of sp³-hybridized carbons (Fsp3) is 0.412. The van der Waals surface area contributed by atoms with E-state index < -0.39 is 6.04 Å². The number of carbonyl (C=O) groups is 1. The molecule has 2 N–H and O–H groups in total. The van der Waals surface area contributed by atoms with Gasteiger partial charge in [0.25, 0.3) is 0 Å². The number of nitrogens with zero attached hydrogens (tertiary/aromatic N) is 3. The Balaban J connectivity index is 2.17. The molecule has 1 atom stereocenters. The van der Waals surface area contributed by atoms with Crippen LogP contribution in [-0.2, 0) is 17.9 Å². The second-order valence-electron chi connectivity index (χ2n) is 6.04. The van der Waals surface area contributed by atoms with Gasteiger partial charge in [-0.05, 0) is 17.5 Å². The topological polar surface area (TPSA) is 64.2 Å². The summed E-state index contributed by atoms with van der Waals surface area (Å²) >= 11 is 12.3. The van der Waals surface area contributed by atoms with Gasteiger partial charge in [-0.15, -0.1) is 0 Å². The fourth-order valence-corrected chi connectivity index (χ4v) is 2.67. The summed E-state index contributed by atoms with van der Waals surface area (Å²) in [4.78, 5) is 18.5. The molecule has 0 fully saturated rings. The number of nitrogens with two attached hydrogens (primary N) is 1. The Labute approximate surface area is 152 Å². The number of amides is 1. The van der Waals surface area contributed by atoms with Crippen LogP contribution in [-0.4, -0.2) is 32.9 Å². The second-order valence-corrected chi connectivity index (χ2v) is 6.83. The summed E-state index contributed by atoms with van der Waals surface area (Å²) in [5, 5.41) is 0.946. The fourth-order valence-electron chi connectivity index (χ4n) is 2.29. The molecule has 1 aromatic carbocycles. The van der Waals surface area contributed by atoms with Crippen molar-refractivity contribution in [2.24, 2.45) is 11.7 Å². The van der Waals surface area contributed by atoms with Crippen molar-refractivity contribution >= 4 is 29.1 Å². The highest BCUT2D eigenvalue weighted by Crippen LogP contribution is 2.26. The van der Waals surface area contributed by atoms with E-state index >= 15 is 0 Å². The van der Waals surface area contributed by atoms with Crippen LogP contribution in [0.1, 0.15) is 19.4 Å². The Morgan fingerprint density at radius 1 is 1.38 bits per heavy atom. The number of carbonyl (C=O) groups excluding carboxylic acids is 1. The van der Waals surface area contributed by atoms with Crippen LogP contribution in [0, 0.1) is 5.92 Å². The van der Waals surface area contributed by atoms with E-state index in [1.54, 1.807) is 23.5 Å². The van der Waals surface area contributed by atoms with Crippen molar-refractivity contribution < 1.29 is 4.79 Å². The minimum atomic E-state index is -0.550. The Kier molecular flexibility index (Phi) is 6.66. The van der Waals surface area contributed by atoms with Crippen molar-refractivity contribution in [1.82, 2.24) is 14.5 Å². The zero-order valence-corrected chi connectivity index (χ0v) is 15.3. The molecule has 2 rings (SSSR count). The van der Waals surface area contributed by atoms with Gasteiger partial charge in [0.2, 0.25) is 5.91 Å². The molecule has 24 heavy (non-hydrogen) atoms. The van der Waals surface area contributed by atoms with Gasteiger partial charge in [0.05, 0.1) is 22.4 Å². The zero-order valence-electron chi connectivity index (χ0n) is 13.8. The van der Waals surface area contributed by atoms with Crippen molar-refractivity contribution in [3.8, 4) is 0 Å². The maximum absolute atomic E-state index is 12.7. The highest BCUT2D eigenvalue weighted by molar-refractivity contribution is 6.42. The summed E-state index contributed by atoms with van der Waals surface area (Å²) in [7, 11) is 0. The molecule has 1 amide bonds. The molecule has 0 saturated heterocycles. The molecule has 0 bridgehead atoms. The lowest BCUT2D eigenvalue weighted by molar-refractivity contribution is -0.134. The monoisotopic (exact) mass is 368 g/mol. The Morgan fingerprint density at radius 3 is 2.75 bits per heavy atom. The normalized spacial score (nSPS) is 12.4. The summed E-state index contributed by atoms with van der Waals surface area (Å²) in [5.74, 6) is -0.0377. The van der Waals surface area contributed by atoms with Gasteiger partial charge < -0.3 is 15.2 Å². The van der Waals surface area contributed by atoms with Gasteiger partial charge in [-0.25, -0.2) is 4.98 Å². The average molecular weight is 369 g/mol. The van der Waals surface area contributed by atoms with Gasteiger partial charge in [0, 0.05) is 32.0 Å². The van der Waals surface area contributed by atoms with E-state index in [1.165, 1.54) is 0 Å². The predicted octanol–water partition coefficient (Wildman–Crippen LogP) is 3.20. The third-order valence-corrected chi connectivity index (χ3v) is 4.75. The first-order valence-corrected chi connectivity index (χ1v) is 8.58. The Hall–Kier alpha value is -1.56. The summed E-state index contributed by atoms with van der Waals surface area (Å²) in [6.07, 6.45) is 5.29. The van der Waals surface area contributed by atoms with Gasteiger partial charge in [-0.1, -0.05) is 49.2 Å². The quantitative estimate of drug-likeness (QED) is 0.815. The maximum Gasteiger partial charge on any atom is 0.240 e. The first-order chi connectivity index (χ1) is 11.4. The molecule has 0 aliphatic rings. The Bertz CT molecular complexity index is 673. The molecule has 0 saturated carbocycles. The highest BCUT2D eigenvalue weighted by atomic mass is 35.5. The molecule has 0 aliphatic carbocycles. The third kappa shape index (κ3) is 4.72. The molecule has 1 aromatic heterocycles. The average Bonchev–Trinajstić information content (AvgIpc) is 3.07. The van der Waals surface area contributed by atoms with Gasteiger partial charge in [-0.3, -0.25) is 4.79 Å². The number of hydrogen-bond donors (Lipinski definition) is 1. The second kappa shape index (κ2) is 8.51. The molecule has 0 radical (unpaired) electrons. The number of benzene rings is 1. The molecule has 130 valence electrons. The first-order valence-electron chi connectivity index (χ1n) is 7.83. The molecule has 7 heteroatoms. The SMILES string of the molecule is CC(C)[C@H](N)C(=O)N(CCn1ccnc1)Cc1cccc(Cl)c1Cl. The number of rotatable bonds is 7. The summed E-state index contributed by atoms with van der Waals surface area (Å²) in [6, 6.07) is 4.87. The van der Waals surface area contributed by atoms with Crippen molar-refractivity contribution in [2.75, 3.05) is 6.54 Å². The largest absolute Gasteiger partial charge is 0.336 e. The number of hydrogen-bond acceptors (Lipinski definition) is 3. The molecular formula is C17H22Cl2N4O. The van der Waals surface area contributed by atoms with E-state index in [2.05, 4.69) is 4.98 Å². The number of aromatic nitrogens is 2. The van der Waals surface area contributed by atoms with E-state index in [0.717, 1.165) is 5.56 Å². The first kappa shape index (κ1) is 18.8. The van der Waals surface area contributed by atoms with Crippen LogP contribution in [0.15, 0.2) is 36.9 Å². The molecule has 2 aromatic rings. The predicted molar refractivity (Wildman–Crippen MR) is 96.9 cm³/mol. The molecule has 0 unspecified atom stereocenters. The summed E-state index contributed by atoms with van der Waals surface area (Å²) in [6.45, 7) is 5.38. The zero-order chi connectivity index (χ0) is 17.7. The smallest absolute Gasteiger partial charge is 0.240 e. The van der Waals surface area contributed by atoms with E-state index in [4.69, 9.17) is 28.9 Å². The highest BCUT2D eigenvalue weighted by Gasteiger charge is 2.24. The minimum absolute atomic E-state index is 0.0584. The van der Waals surface area contributed by atoms with Gasteiger partial charge in [0.15, 0.2) is 0 Å². The lowest BCUT2D eigenvalue weighted by Crippen LogP contribution is -2.47. The van der Waals surface area contributed by atoms with E-state index in [-0.39, 0.29) is 11.8 Å². The lowest BCUT2D eigenvalue weighted by Gasteiger charge is -2.28. The van der Waals surface area contributed by atoms with Crippen molar-refractivity contribution in [3.05, 3.63) is 52.5 Å². The van der Waals surface area contributed by atoms with Gasteiger partial charge >= 0.3 is 0 Å². The number of imidazole rings is 1. The lowest BCUT2D eigenvalue weighted by atomic mass is 10.0. The van der Waals surface area contributed by atoms with E-state index in [0.29, 0.717) is 29.7 Å². The third-order valence-electron chi connectivity index (χ3n) is 3.90. The van der Waals surface area contributed by atoms with Crippen LogP contribution in [0.3, 0.4) is 0 Å². The van der Waals surface area contributed by atoms with Gasteiger partial charge in [0.1, 0.15) is 0 Å². The van der Waals surface area contributed by atoms with Crippen LogP contribution in [0.4, 0.5) is 0 Å². The maximum atomic E-state index is 12.7. The molecule has 0 spiro atoms. The standard InChI is InChI=1S/C17H22Cl2N4O/c1-12(2)16(20)17(24)23(9-8-22-7-6-21-11-22)10-13-4-3-5-14(18)15(13)19/h3-7,11-12,16H,8-10,20H2,1-2H3/t16-/m0/s1. The number of halogens is 2. The van der Waals surface area contributed by atoms with Crippen molar-refractivity contribution in [3.63, 3.8) is 0 Å². The molecule has 5 nitrogen and oxygen atoms in total. The van der Waals surface area contributed by atoms with Crippen molar-refractivity contribution in [2.45, 2.75) is 33.0 Å². The molecule has 1 heterocycles. The van der Waals surface area contributed by atoms with Crippen LogP contribution >= 0.6 is 23.2 Å². The van der Waals surface area contributed by atoms with E-state index in [1.807, 2.05) is 36.7 Å². The van der Waals surface area contributed by atoms with Gasteiger partial charge in [-0.2, -0.15) is 0 Å². The summed E-state index contributed by atoms with van der Waals surface area (Å²) in [5.41, 5.74) is 6.87. The molecule has 0 aliphatic heterocycles. The Morgan fingerprint density at radius 2 is 2.12 bits per heavy atom. The molecular weight excluding hydrogens is 347 g/mol. The van der Waals surface area contributed by atoms with Crippen LogP contribution < -0.4 is 5.73 Å². The van der Waals surface area contributed by atoms with Crippen LogP contribution in [0.25, 0.3) is 0 Å². The van der Waals surface area contributed by atoms with E-state index in [9.17, 15) is 4.79 Å². The van der Waals surface area contributed by atoms with Crippen molar-refractivity contribution in [1.29, 1.82) is 0 Å². The van der Waals surface area contributed by atoms with Crippen LogP contribution in [0.2, 0.25) is 10.0 Å². The van der Waals surface area contributed by atoms with Crippen LogP contribution in [0.5, 0.6) is 0 Å². The minimum Gasteiger partial charge on any atom is -0.336 e.